The summed E-state index contributed by atoms with van der Waals surface area (Å²) in [4.78, 5) is 3.80. The Labute approximate surface area is 82.8 Å². The van der Waals surface area contributed by atoms with Gasteiger partial charge in [0, 0.05) is 11.6 Å². The van der Waals surface area contributed by atoms with Crippen molar-refractivity contribution in [2.24, 2.45) is 5.41 Å². The van der Waals surface area contributed by atoms with Crippen LogP contribution in [0.3, 0.4) is 0 Å². The first kappa shape index (κ1) is 9.59. The molecule has 1 aromatic heterocycles. The van der Waals surface area contributed by atoms with Gasteiger partial charge in [-0.15, -0.1) is 0 Å². The number of hydrogen-bond acceptors (Lipinski definition) is 2. The van der Waals surface area contributed by atoms with Crippen molar-refractivity contribution in [3.05, 3.63) is 29.8 Å². The van der Waals surface area contributed by atoms with Gasteiger partial charge in [-0.2, -0.15) is 0 Å². The molecule has 76 valence electrons. The topological polar surface area (TPSA) is 33.1 Å². The number of aromatic nitrogens is 1. The average Bonchev–Trinajstić information content (AvgIpc) is 2.85. The second-order valence-corrected chi connectivity index (χ2v) is 4.23. The predicted octanol–water partition coefficient (Wildman–Crippen LogP) is 1.92. The van der Waals surface area contributed by atoms with Crippen LogP contribution in [0.2, 0.25) is 0 Å². The minimum Gasteiger partial charge on any atom is -0.393 e. The smallest absolute Gasteiger partial charge is 0.141 e. The minimum atomic E-state index is -0.314. The summed E-state index contributed by atoms with van der Waals surface area (Å²) in [7, 11) is 0. The number of nitrogens with zero attached hydrogens (tertiary/aromatic N) is 1. The number of hydrogen-bond donors (Lipinski definition) is 1. The summed E-state index contributed by atoms with van der Waals surface area (Å²) >= 11 is 0. The van der Waals surface area contributed by atoms with Gasteiger partial charge in [-0.05, 0) is 37.8 Å². The number of aliphatic hydroxyl groups is 1. The monoisotopic (exact) mass is 195 g/mol. The number of rotatable bonds is 3. The molecule has 0 aliphatic heterocycles. The van der Waals surface area contributed by atoms with Crippen LogP contribution in [0.15, 0.2) is 18.5 Å². The lowest BCUT2D eigenvalue weighted by molar-refractivity contribution is 0.110. The molecule has 1 N–H and O–H groups in total. The molecule has 2 rings (SSSR count). The molecule has 0 saturated heterocycles. The summed E-state index contributed by atoms with van der Waals surface area (Å²) in [5.74, 6) is -0.302. The lowest BCUT2D eigenvalue weighted by atomic mass is 9.92. The van der Waals surface area contributed by atoms with Crippen LogP contribution in [-0.2, 0) is 6.42 Å². The van der Waals surface area contributed by atoms with E-state index in [2.05, 4.69) is 4.98 Å². The highest BCUT2D eigenvalue weighted by Crippen LogP contribution is 2.51. The molecular formula is C11H14FNO. The molecule has 14 heavy (non-hydrogen) atoms. The molecule has 0 radical (unpaired) electrons. The highest BCUT2D eigenvalue weighted by molar-refractivity contribution is 5.16. The zero-order valence-corrected chi connectivity index (χ0v) is 8.20. The third-order valence-electron chi connectivity index (χ3n) is 3.10. The zero-order valence-electron chi connectivity index (χ0n) is 8.20. The van der Waals surface area contributed by atoms with E-state index in [1.165, 1.54) is 12.3 Å². The molecule has 1 atom stereocenters. The Hall–Kier alpha value is -0.960. The van der Waals surface area contributed by atoms with Gasteiger partial charge in [0.25, 0.3) is 0 Å². The van der Waals surface area contributed by atoms with Gasteiger partial charge >= 0.3 is 0 Å². The Balaban J connectivity index is 2.11. The molecule has 1 saturated carbocycles. The fourth-order valence-electron chi connectivity index (χ4n) is 1.86. The maximum absolute atomic E-state index is 12.8. The van der Waals surface area contributed by atoms with Crippen molar-refractivity contribution in [2.45, 2.75) is 32.3 Å². The van der Waals surface area contributed by atoms with E-state index in [-0.39, 0.29) is 17.3 Å². The van der Waals surface area contributed by atoms with Crippen LogP contribution in [0, 0.1) is 11.2 Å². The first-order valence-corrected chi connectivity index (χ1v) is 4.90. The van der Waals surface area contributed by atoms with Gasteiger partial charge in [-0.3, -0.25) is 4.98 Å². The van der Waals surface area contributed by atoms with E-state index in [0.717, 1.165) is 24.8 Å². The molecule has 0 aromatic carbocycles. The quantitative estimate of drug-likeness (QED) is 0.799. The van der Waals surface area contributed by atoms with Crippen LogP contribution in [-0.4, -0.2) is 16.2 Å². The Morgan fingerprint density at radius 2 is 2.29 bits per heavy atom. The fraction of sp³-hybridized carbons (Fsp3) is 0.545. The molecule has 1 fully saturated rings. The van der Waals surface area contributed by atoms with Crippen molar-refractivity contribution in [1.29, 1.82) is 0 Å². The van der Waals surface area contributed by atoms with Gasteiger partial charge in [0.15, 0.2) is 0 Å². The molecule has 0 bridgehead atoms. The molecule has 1 heterocycles. The average molecular weight is 195 g/mol. The van der Waals surface area contributed by atoms with Crippen LogP contribution < -0.4 is 0 Å². The van der Waals surface area contributed by atoms with E-state index in [0.29, 0.717) is 0 Å². The SMILES string of the molecule is CC(O)C1(Cc2cncc(F)c2)CC1. The highest BCUT2D eigenvalue weighted by Gasteiger charge is 2.46. The van der Waals surface area contributed by atoms with E-state index in [1.54, 1.807) is 13.1 Å². The summed E-state index contributed by atoms with van der Waals surface area (Å²) in [6.07, 6.45) is 5.35. The maximum atomic E-state index is 12.8. The normalized spacial score (nSPS) is 20.5. The fourth-order valence-corrected chi connectivity index (χ4v) is 1.86. The number of aliphatic hydroxyl groups excluding tert-OH is 1. The minimum absolute atomic E-state index is 0.00449. The van der Waals surface area contributed by atoms with E-state index < -0.39 is 0 Å². The van der Waals surface area contributed by atoms with Gasteiger partial charge in [-0.1, -0.05) is 0 Å². The van der Waals surface area contributed by atoms with E-state index in [1.807, 2.05) is 0 Å². The third kappa shape index (κ3) is 1.77. The van der Waals surface area contributed by atoms with Crippen LogP contribution in [0.4, 0.5) is 4.39 Å². The van der Waals surface area contributed by atoms with Crippen molar-refractivity contribution >= 4 is 0 Å². The largest absolute Gasteiger partial charge is 0.393 e. The predicted molar refractivity (Wildman–Crippen MR) is 51.2 cm³/mol. The Bertz CT molecular complexity index is 334. The lowest BCUT2D eigenvalue weighted by Crippen LogP contribution is -2.20. The molecule has 2 nitrogen and oxygen atoms in total. The van der Waals surface area contributed by atoms with Crippen LogP contribution >= 0.6 is 0 Å². The summed E-state index contributed by atoms with van der Waals surface area (Å²) in [5.41, 5.74) is 0.874. The Morgan fingerprint density at radius 1 is 1.57 bits per heavy atom. The van der Waals surface area contributed by atoms with Crippen molar-refractivity contribution in [1.82, 2.24) is 4.98 Å². The van der Waals surface area contributed by atoms with Crippen molar-refractivity contribution in [3.8, 4) is 0 Å². The summed E-state index contributed by atoms with van der Waals surface area (Å²) in [6.45, 7) is 1.81. The Kier molecular flexibility index (Phi) is 2.27. The molecule has 0 amide bonds. The van der Waals surface area contributed by atoms with Crippen LogP contribution in [0.25, 0.3) is 0 Å². The highest BCUT2D eigenvalue weighted by atomic mass is 19.1. The first-order valence-electron chi connectivity index (χ1n) is 4.90. The molecule has 1 aliphatic rings. The van der Waals surface area contributed by atoms with Crippen molar-refractivity contribution in [2.75, 3.05) is 0 Å². The molecule has 3 heteroatoms. The number of pyridine rings is 1. The number of halogens is 1. The van der Waals surface area contributed by atoms with E-state index in [9.17, 15) is 9.50 Å². The standard InChI is InChI=1S/C11H14FNO/c1-8(14)11(2-3-11)5-9-4-10(12)7-13-6-9/h4,6-8,14H,2-3,5H2,1H3. The van der Waals surface area contributed by atoms with Crippen molar-refractivity contribution in [3.63, 3.8) is 0 Å². The van der Waals surface area contributed by atoms with E-state index >= 15 is 0 Å². The molecule has 1 unspecified atom stereocenters. The van der Waals surface area contributed by atoms with Gasteiger partial charge in [0.1, 0.15) is 5.82 Å². The molecular weight excluding hydrogens is 181 g/mol. The van der Waals surface area contributed by atoms with Gasteiger partial charge < -0.3 is 5.11 Å². The summed E-state index contributed by atoms with van der Waals surface area (Å²) < 4.78 is 12.8. The summed E-state index contributed by atoms with van der Waals surface area (Å²) in [6, 6.07) is 1.50. The first-order chi connectivity index (χ1) is 6.62. The van der Waals surface area contributed by atoms with Crippen LogP contribution in [0.5, 0.6) is 0 Å². The summed E-state index contributed by atoms with van der Waals surface area (Å²) in [5, 5.41) is 9.56. The molecule has 1 aromatic rings. The zero-order chi connectivity index (χ0) is 10.2. The lowest BCUT2D eigenvalue weighted by Gasteiger charge is -2.17. The third-order valence-corrected chi connectivity index (χ3v) is 3.10. The van der Waals surface area contributed by atoms with Gasteiger partial charge in [-0.25, -0.2) is 4.39 Å². The van der Waals surface area contributed by atoms with Gasteiger partial charge in [0.2, 0.25) is 0 Å². The Morgan fingerprint density at radius 3 is 2.79 bits per heavy atom. The van der Waals surface area contributed by atoms with Crippen LogP contribution in [0.1, 0.15) is 25.3 Å². The molecule has 1 aliphatic carbocycles. The second-order valence-electron chi connectivity index (χ2n) is 4.23. The van der Waals surface area contributed by atoms with E-state index in [4.69, 9.17) is 0 Å². The second kappa shape index (κ2) is 3.31. The maximum Gasteiger partial charge on any atom is 0.141 e. The van der Waals surface area contributed by atoms with Gasteiger partial charge in [0.05, 0.1) is 12.3 Å². The molecule has 0 spiro atoms. The van der Waals surface area contributed by atoms with Crippen molar-refractivity contribution < 1.29 is 9.50 Å².